The lowest BCUT2D eigenvalue weighted by Gasteiger charge is -2.04. The third-order valence-corrected chi connectivity index (χ3v) is 2.90. The van der Waals surface area contributed by atoms with Gasteiger partial charge in [-0.3, -0.25) is 4.79 Å². The molecule has 0 saturated heterocycles. The largest absolute Gasteiger partial charge is 0.497 e. The number of carbonyl (C=O) groups is 1. The molecule has 0 aliphatic rings. The molecule has 4 nitrogen and oxygen atoms in total. The molecule has 0 bridgehead atoms. The van der Waals surface area contributed by atoms with Gasteiger partial charge in [-0.2, -0.15) is 4.37 Å². The van der Waals surface area contributed by atoms with Crippen molar-refractivity contribution in [2.75, 3.05) is 12.4 Å². The monoisotopic (exact) mass is 248 g/mol. The summed E-state index contributed by atoms with van der Waals surface area (Å²) in [5.74, 6) is 0.562. The third kappa shape index (κ3) is 2.82. The highest BCUT2D eigenvalue weighted by atomic mass is 32.1. The maximum absolute atomic E-state index is 11.8. The number of rotatable bonds is 3. The quantitative estimate of drug-likeness (QED) is 0.908. The fourth-order valence-corrected chi connectivity index (χ4v) is 1.89. The van der Waals surface area contributed by atoms with Crippen molar-refractivity contribution in [3.63, 3.8) is 0 Å². The van der Waals surface area contributed by atoms with E-state index in [1.165, 1.54) is 11.5 Å². The van der Waals surface area contributed by atoms with Crippen LogP contribution in [0.4, 0.5) is 5.69 Å². The molecule has 1 heterocycles. The normalized spacial score (nSPS) is 10.0. The number of hydrogen-bond donors (Lipinski definition) is 1. The lowest BCUT2D eigenvalue weighted by atomic mass is 10.3. The van der Waals surface area contributed by atoms with Crippen molar-refractivity contribution >= 4 is 23.1 Å². The predicted octanol–water partition coefficient (Wildman–Crippen LogP) is 2.71. The van der Waals surface area contributed by atoms with Crippen LogP contribution < -0.4 is 10.1 Å². The first kappa shape index (κ1) is 11.6. The van der Waals surface area contributed by atoms with Crippen LogP contribution in [0.2, 0.25) is 0 Å². The van der Waals surface area contributed by atoms with Gasteiger partial charge in [0.25, 0.3) is 5.91 Å². The molecule has 0 unspecified atom stereocenters. The first-order valence-corrected chi connectivity index (χ1v) is 5.85. The predicted molar refractivity (Wildman–Crippen MR) is 67.8 cm³/mol. The van der Waals surface area contributed by atoms with Crippen LogP contribution in [-0.2, 0) is 0 Å². The van der Waals surface area contributed by atoms with Gasteiger partial charge in [0.15, 0.2) is 0 Å². The number of aromatic nitrogens is 1. The first-order valence-electron chi connectivity index (χ1n) is 5.08. The zero-order valence-electron chi connectivity index (χ0n) is 9.56. The second-order valence-corrected chi connectivity index (χ2v) is 4.51. The van der Waals surface area contributed by atoms with Gasteiger partial charge in [0.05, 0.1) is 7.11 Å². The number of methoxy groups -OCH3 is 1. The molecule has 1 aromatic carbocycles. The molecule has 0 fully saturated rings. The second-order valence-electron chi connectivity index (χ2n) is 3.51. The van der Waals surface area contributed by atoms with Crippen LogP contribution in [-0.4, -0.2) is 17.4 Å². The van der Waals surface area contributed by atoms with Gasteiger partial charge in [0, 0.05) is 10.6 Å². The van der Waals surface area contributed by atoms with Gasteiger partial charge in [0.2, 0.25) is 0 Å². The Morgan fingerprint density at radius 1 is 1.35 bits per heavy atom. The minimum Gasteiger partial charge on any atom is -0.497 e. The number of amides is 1. The van der Waals surface area contributed by atoms with Crippen molar-refractivity contribution in [3.8, 4) is 5.75 Å². The summed E-state index contributed by atoms with van der Waals surface area (Å²) < 4.78 is 9.09. The van der Waals surface area contributed by atoms with Crippen molar-refractivity contribution in [1.29, 1.82) is 0 Å². The molecule has 1 aromatic heterocycles. The summed E-state index contributed by atoms with van der Waals surface area (Å²) in [5.41, 5.74) is 1.17. The van der Waals surface area contributed by atoms with E-state index >= 15 is 0 Å². The number of benzene rings is 1. The molecule has 1 amide bonds. The lowest BCUT2D eigenvalue weighted by molar-refractivity contribution is 0.102. The van der Waals surface area contributed by atoms with Gasteiger partial charge in [0.1, 0.15) is 11.4 Å². The topological polar surface area (TPSA) is 51.2 Å². The Hall–Kier alpha value is -1.88. The summed E-state index contributed by atoms with van der Waals surface area (Å²) in [4.78, 5) is 12.8. The molecule has 0 aliphatic carbocycles. The van der Waals surface area contributed by atoms with Gasteiger partial charge >= 0.3 is 0 Å². The molecule has 0 radical (unpaired) electrons. The van der Waals surface area contributed by atoms with Crippen LogP contribution in [0.5, 0.6) is 5.75 Å². The van der Waals surface area contributed by atoms with Gasteiger partial charge in [-0.25, -0.2) is 0 Å². The molecule has 2 rings (SSSR count). The van der Waals surface area contributed by atoms with E-state index in [1.54, 1.807) is 37.4 Å². The Labute approximate surface area is 103 Å². The summed E-state index contributed by atoms with van der Waals surface area (Å²) in [5, 5.41) is 2.77. The average molecular weight is 248 g/mol. The molecule has 0 atom stereocenters. The van der Waals surface area contributed by atoms with Crippen LogP contribution in [0.25, 0.3) is 0 Å². The number of anilines is 1. The molecular weight excluding hydrogens is 236 g/mol. The van der Waals surface area contributed by atoms with Crippen molar-refractivity contribution < 1.29 is 9.53 Å². The number of nitrogens with zero attached hydrogens (tertiary/aromatic N) is 1. The first-order chi connectivity index (χ1) is 8.19. The zero-order valence-corrected chi connectivity index (χ0v) is 10.4. The Bertz CT molecular complexity index is 520. The Kier molecular flexibility index (Phi) is 3.39. The molecule has 0 aliphatic heterocycles. The summed E-state index contributed by atoms with van der Waals surface area (Å²) in [6.07, 6.45) is 0. The second kappa shape index (κ2) is 4.97. The lowest BCUT2D eigenvalue weighted by Crippen LogP contribution is -2.11. The fraction of sp³-hybridized carbons (Fsp3) is 0.167. The minimum absolute atomic E-state index is 0.195. The van der Waals surface area contributed by atoms with Crippen LogP contribution in [0.15, 0.2) is 30.3 Å². The molecule has 0 saturated carbocycles. The van der Waals surface area contributed by atoms with E-state index in [9.17, 15) is 4.79 Å². The van der Waals surface area contributed by atoms with E-state index in [-0.39, 0.29) is 5.91 Å². The number of hydrogen-bond acceptors (Lipinski definition) is 4. The van der Waals surface area contributed by atoms with Crippen molar-refractivity contribution in [1.82, 2.24) is 4.37 Å². The van der Waals surface area contributed by atoms with Gasteiger partial charge in [-0.1, -0.05) is 0 Å². The maximum Gasteiger partial charge on any atom is 0.275 e. The van der Waals surface area contributed by atoms with Crippen molar-refractivity contribution in [2.45, 2.75) is 6.92 Å². The van der Waals surface area contributed by atoms with Gasteiger partial charge < -0.3 is 10.1 Å². The molecule has 17 heavy (non-hydrogen) atoms. The van der Waals surface area contributed by atoms with E-state index < -0.39 is 0 Å². The summed E-state index contributed by atoms with van der Waals surface area (Å²) in [7, 11) is 1.60. The number of ether oxygens (including phenoxy) is 1. The van der Waals surface area contributed by atoms with E-state index in [1.807, 2.05) is 6.92 Å². The van der Waals surface area contributed by atoms with Crippen LogP contribution in [0, 0.1) is 6.92 Å². The molecule has 5 heteroatoms. The van der Waals surface area contributed by atoms with Crippen LogP contribution in [0.1, 0.15) is 15.4 Å². The molecular formula is C12H12N2O2S. The summed E-state index contributed by atoms with van der Waals surface area (Å²) >= 11 is 1.32. The summed E-state index contributed by atoms with van der Waals surface area (Å²) in [6, 6.07) is 8.93. The number of carbonyl (C=O) groups excluding carboxylic acids is 1. The standard InChI is InChI=1S/C12H12N2O2S/c1-8-7-11(14-17-8)12(15)13-9-3-5-10(16-2)6-4-9/h3-7H,1-2H3,(H,13,15). The Balaban J connectivity index is 2.07. The highest BCUT2D eigenvalue weighted by Gasteiger charge is 2.09. The summed E-state index contributed by atoms with van der Waals surface area (Å²) in [6.45, 7) is 1.92. The van der Waals surface area contributed by atoms with Crippen molar-refractivity contribution in [3.05, 3.63) is 40.9 Å². The van der Waals surface area contributed by atoms with E-state index in [2.05, 4.69) is 9.69 Å². The van der Waals surface area contributed by atoms with E-state index in [4.69, 9.17) is 4.74 Å². The van der Waals surface area contributed by atoms with Crippen molar-refractivity contribution in [2.24, 2.45) is 0 Å². The van der Waals surface area contributed by atoms with Gasteiger partial charge in [-0.15, -0.1) is 0 Å². The Morgan fingerprint density at radius 2 is 2.06 bits per heavy atom. The number of nitrogens with one attached hydrogen (secondary N) is 1. The van der Waals surface area contributed by atoms with E-state index in [0.29, 0.717) is 5.69 Å². The molecule has 0 spiro atoms. The smallest absolute Gasteiger partial charge is 0.275 e. The Morgan fingerprint density at radius 3 is 2.59 bits per heavy atom. The number of aryl methyl sites for hydroxylation is 1. The fourth-order valence-electron chi connectivity index (χ4n) is 1.34. The van der Waals surface area contributed by atoms with Gasteiger partial charge in [-0.05, 0) is 48.8 Å². The average Bonchev–Trinajstić information content (AvgIpc) is 2.77. The molecule has 88 valence electrons. The van der Waals surface area contributed by atoms with E-state index in [0.717, 1.165) is 16.3 Å². The van der Waals surface area contributed by atoms with Crippen LogP contribution in [0.3, 0.4) is 0 Å². The molecule has 2 aromatic rings. The SMILES string of the molecule is COc1ccc(NC(=O)c2cc(C)sn2)cc1. The zero-order chi connectivity index (χ0) is 12.3. The highest BCUT2D eigenvalue weighted by Crippen LogP contribution is 2.16. The maximum atomic E-state index is 11.8. The molecule has 1 N–H and O–H groups in total. The minimum atomic E-state index is -0.195. The van der Waals surface area contributed by atoms with Crippen LogP contribution >= 0.6 is 11.5 Å². The third-order valence-electron chi connectivity index (χ3n) is 2.21. The highest BCUT2D eigenvalue weighted by molar-refractivity contribution is 7.05.